The lowest BCUT2D eigenvalue weighted by Crippen LogP contribution is -2.47. The highest BCUT2D eigenvalue weighted by Crippen LogP contribution is 2.16. The van der Waals surface area contributed by atoms with E-state index in [9.17, 15) is 9.59 Å². The van der Waals surface area contributed by atoms with E-state index in [1.54, 1.807) is 21.1 Å². The Labute approximate surface area is 149 Å². The Morgan fingerprint density at radius 3 is 2.23 bits per heavy atom. The van der Waals surface area contributed by atoms with Crippen molar-refractivity contribution in [3.63, 3.8) is 0 Å². The number of likely N-dealkylation sites (N-methyl/N-ethyl adjacent to an activating group) is 1. The zero-order chi connectivity index (χ0) is 15.7. The van der Waals surface area contributed by atoms with E-state index in [-0.39, 0.29) is 48.9 Å². The summed E-state index contributed by atoms with van der Waals surface area (Å²) in [4.78, 5) is 28.8. The van der Waals surface area contributed by atoms with Crippen LogP contribution in [0.4, 0.5) is 0 Å². The summed E-state index contributed by atoms with van der Waals surface area (Å²) in [6.07, 6.45) is 5.77. The molecule has 128 valence electrons. The molecular weight excluding hydrogens is 397 g/mol. The monoisotopic (exact) mass is 425 g/mol. The fraction of sp³-hybridized carbons (Fsp3) is 0.786. The molecule has 0 bridgehead atoms. The molecule has 0 radical (unpaired) electrons. The van der Waals surface area contributed by atoms with Gasteiger partial charge in [-0.3, -0.25) is 14.6 Å². The van der Waals surface area contributed by atoms with E-state index in [0.717, 1.165) is 12.8 Å². The van der Waals surface area contributed by atoms with Crippen LogP contribution in [0.1, 0.15) is 32.1 Å². The third-order valence-electron chi connectivity index (χ3n) is 3.52. The van der Waals surface area contributed by atoms with Crippen LogP contribution in [0.25, 0.3) is 0 Å². The Morgan fingerprint density at radius 2 is 1.68 bits per heavy atom. The van der Waals surface area contributed by atoms with Gasteiger partial charge in [0.2, 0.25) is 11.8 Å². The van der Waals surface area contributed by atoms with Crippen molar-refractivity contribution in [1.29, 1.82) is 0 Å². The van der Waals surface area contributed by atoms with Crippen LogP contribution in [0.2, 0.25) is 0 Å². The second-order valence-electron chi connectivity index (χ2n) is 5.47. The molecule has 8 heteroatoms. The van der Waals surface area contributed by atoms with Crippen LogP contribution < -0.4 is 16.0 Å². The van der Waals surface area contributed by atoms with Crippen molar-refractivity contribution < 1.29 is 9.59 Å². The van der Waals surface area contributed by atoms with E-state index < -0.39 is 0 Å². The summed E-state index contributed by atoms with van der Waals surface area (Å²) >= 11 is 0. The maximum atomic E-state index is 11.8. The lowest BCUT2D eigenvalue weighted by Gasteiger charge is -2.23. The molecule has 0 spiro atoms. The van der Waals surface area contributed by atoms with Crippen molar-refractivity contribution in [1.82, 2.24) is 20.9 Å². The number of halogens is 1. The Kier molecular flexibility index (Phi) is 10.9. The fourth-order valence-electron chi connectivity index (χ4n) is 2.23. The molecule has 1 aliphatic rings. The number of aliphatic imine (C=N–C) groups is 1. The molecule has 0 unspecified atom stereocenters. The highest BCUT2D eigenvalue weighted by Gasteiger charge is 2.15. The smallest absolute Gasteiger partial charge is 0.241 e. The number of amides is 2. The summed E-state index contributed by atoms with van der Waals surface area (Å²) in [6, 6.07) is 0.304. The van der Waals surface area contributed by atoms with E-state index in [2.05, 4.69) is 20.9 Å². The van der Waals surface area contributed by atoms with Gasteiger partial charge in [0, 0.05) is 27.2 Å². The molecule has 3 N–H and O–H groups in total. The first-order valence-corrected chi connectivity index (χ1v) is 7.47. The van der Waals surface area contributed by atoms with Crippen molar-refractivity contribution in [2.24, 2.45) is 4.99 Å². The zero-order valence-electron chi connectivity index (χ0n) is 13.6. The number of carbonyl (C=O) groups excluding carboxylic acids is 2. The lowest BCUT2D eigenvalue weighted by atomic mass is 9.95. The third-order valence-corrected chi connectivity index (χ3v) is 3.52. The molecule has 1 fully saturated rings. The number of hydrogen-bond acceptors (Lipinski definition) is 3. The average Bonchev–Trinajstić information content (AvgIpc) is 2.48. The molecular formula is C14H28IN5O2. The van der Waals surface area contributed by atoms with Gasteiger partial charge in [0.25, 0.3) is 0 Å². The molecule has 0 aromatic carbocycles. The minimum atomic E-state index is -0.0513. The normalized spacial score (nSPS) is 15.5. The van der Waals surface area contributed by atoms with Gasteiger partial charge in [-0.2, -0.15) is 0 Å². The Morgan fingerprint density at radius 1 is 1.09 bits per heavy atom. The first-order chi connectivity index (χ1) is 10.0. The third kappa shape index (κ3) is 8.40. The van der Waals surface area contributed by atoms with Crippen LogP contribution in [0, 0.1) is 0 Å². The van der Waals surface area contributed by atoms with Gasteiger partial charge < -0.3 is 20.9 Å². The molecule has 7 nitrogen and oxygen atoms in total. The summed E-state index contributed by atoms with van der Waals surface area (Å²) in [5.41, 5.74) is 0. The number of carbonyl (C=O) groups is 2. The van der Waals surface area contributed by atoms with Crippen LogP contribution in [0.15, 0.2) is 4.99 Å². The topological polar surface area (TPSA) is 85.8 Å². The predicted molar refractivity (Wildman–Crippen MR) is 98.5 cm³/mol. The molecule has 0 aromatic rings. The highest BCUT2D eigenvalue weighted by atomic mass is 127. The molecule has 1 aliphatic carbocycles. The summed E-state index contributed by atoms with van der Waals surface area (Å²) < 4.78 is 0. The summed E-state index contributed by atoms with van der Waals surface area (Å²) in [5, 5.41) is 8.81. The van der Waals surface area contributed by atoms with Gasteiger partial charge in [0.05, 0.1) is 13.1 Å². The predicted octanol–water partition coefficient (Wildman–Crippen LogP) is 0.307. The van der Waals surface area contributed by atoms with Crippen LogP contribution in [-0.4, -0.2) is 62.9 Å². The van der Waals surface area contributed by atoms with Gasteiger partial charge in [-0.1, -0.05) is 19.3 Å². The molecule has 0 aliphatic heterocycles. The van der Waals surface area contributed by atoms with Crippen molar-refractivity contribution in [2.75, 3.05) is 34.2 Å². The van der Waals surface area contributed by atoms with Crippen molar-refractivity contribution in [2.45, 2.75) is 38.1 Å². The molecule has 1 saturated carbocycles. The van der Waals surface area contributed by atoms with Gasteiger partial charge in [-0.15, -0.1) is 24.0 Å². The first kappa shape index (κ1) is 20.9. The average molecular weight is 425 g/mol. The van der Waals surface area contributed by atoms with Crippen molar-refractivity contribution in [3.05, 3.63) is 0 Å². The van der Waals surface area contributed by atoms with Gasteiger partial charge in [0.15, 0.2) is 5.96 Å². The molecule has 0 heterocycles. The second-order valence-corrected chi connectivity index (χ2v) is 5.47. The second kappa shape index (κ2) is 11.5. The molecule has 0 atom stereocenters. The van der Waals surface area contributed by atoms with E-state index in [4.69, 9.17) is 0 Å². The number of nitrogens with zero attached hydrogens (tertiary/aromatic N) is 2. The van der Waals surface area contributed by atoms with E-state index in [1.807, 2.05) is 0 Å². The van der Waals surface area contributed by atoms with Gasteiger partial charge in [-0.25, -0.2) is 0 Å². The lowest BCUT2D eigenvalue weighted by molar-refractivity contribution is -0.127. The molecule has 1 rings (SSSR count). The minimum absolute atomic E-state index is 0. The molecule has 0 aromatic heterocycles. The number of hydrogen-bond donors (Lipinski definition) is 3. The highest BCUT2D eigenvalue weighted by molar-refractivity contribution is 14.0. The number of rotatable bonds is 5. The molecule has 22 heavy (non-hydrogen) atoms. The maximum Gasteiger partial charge on any atom is 0.241 e. The summed E-state index contributed by atoms with van der Waals surface area (Å²) in [7, 11) is 4.99. The van der Waals surface area contributed by atoms with E-state index in [0.29, 0.717) is 12.0 Å². The SMILES string of the molecule is CN=C(NCC(=O)NC1CCCCC1)NCC(=O)N(C)C.I. The maximum absolute atomic E-state index is 11.8. The van der Waals surface area contributed by atoms with Crippen molar-refractivity contribution >= 4 is 41.8 Å². The van der Waals surface area contributed by atoms with Gasteiger partial charge in [-0.05, 0) is 12.8 Å². The number of nitrogens with one attached hydrogen (secondary N) is 3. The summed E-state index contributed by atoms with van der Waals surface area (Å²) in [5.74, 6) is 0.359. The quantitative estimate of drug-likeness (QED) is 0.336. The standard InChI is InChI=1S/C14H27N5O2.HI/c1-15-14(17-10-13(21)19(2)3)16-9-12(20)18-11-7-5-4-6-8-11;/h11H,4-10H2,1-3H3,(H,18,20)(H2,15,16,17);1H. The van der Waals surface area contributed by atoms with Gasteiger partial charge in [0.1, 0.15) is 0 Å². The largest absolute Gasteiger partial charge is 0.352 e. The summed E-state index contributed by atoms with van der Waals surface area (Å²) in [6.45, 7) is 0.309. The van der Waals surface area contributed by atoms with Crippen molar-refractivity contribution in [3.8, 4) is 0 Å². The Bertz CT molecular complexity index is 381. The Balaban J connectivity index is 0.00000441. The van der Waals surface area contributed by atoms with Crippen LogP contribution in [-0.2, 0) is 9.59 Å². The first-order valence-electron chi connectivity index (χ1n) is 7.47. The van der Waals surface area contributed by atoms with E-state index in [1.165, 1.54) is 24.2 Å². The van der Waals surface area contributed by atoms with Crippen LogP contribution in [0.5, 0.6) is 0 Å². The molecule has 2 amide bonds. The minimum Gasteiger partial charge on any atom is -0.352 e. The molecule has 0 saturated heterocycles. The fourth-order valence-corrected chi connectivity index (χ4v) is 2.23. The zero-order valence-corrected chi connectivity index (χ0v) is 16.0. The number of guanidine groups is 1. The van der Waals surface area contributed by atoms with Gasteiger partial charge >= 0.3 is 0 Å². The van der Waals surface area contributed by atoms with Crippen LogP contribution in [0.3, 0.4) is 0 Å². The van der Waals surface area contributed by atoms with Crippen LogP contribution >= 0.6 is 24.0 Å². The Hall–Kier alpha value is -1.06. The van der Waals surface area contributed by atoms with E-state index >= 15 is 0 Å².